The van der Waals surface area contributed by atoms with Crippen LogP contribution in [0.25, 0.3) is 11.0 Å². The Hall–Kier alpha value is -1.89. The maximum absolute atomic E-state index is 13.1. The number of nitrogens with two attached hydrogens (primary N) is 1. The normalized spacial score (nSPS) is 20.0. The van der Waals surface area contributed by atoms with Crippen molar-refractivity contribution >= 4 is 16.7 Å². The molecule has 0 aliphatic carbocycles. The highest BCUT2D eigenvalue weighted by molar-refractivity contribution is 5.90. The van der Waals surface area contributed by atoms with E-state index >= 15 is 0 Å². The van der Waals surface area contributed by atoms with Crippen LogP contribution in [0.15, 0.2) is 24.5 Å². The van der Waals surface area contributed by atoms with Crippen molar-refractivity contribution in [2.45, 2.75) is 25.1 Å². The first-order valence-electron chi connectivity index (χ1n) is 6.78. The molecule has 3 rings (SSSR count). The van der Waals surface area contributed by atoms with Crippen molar-refractivity contribution in [2.24, 2.45) is 5.73 Å². The van der Waals surface area contributed by atoms with Gasteiger partial charge in [-0.15, -0.1) is 0 Å². The molecule has 0 saturated carbocycles. The third-order valence-corrected chi connectivity index (χ3v) is 3.71. The highest BCUT2D eigenvalue weighted by Gasteiger charge is 2.34. The van der Waals surface area contributed by atoms with Gasteiger partial charge in [-0.2, -0.15) is 13.2 Å². The minimum atomic E-state index is -4.44. The molecule has 1 unspecified atom stereocenters. The van der Waals surface area contributed by atoms with E-state index in [0.717, 1.165) is 25.5 Å². The molecule has 0 spiro atoms. The second-order valence-corrected chi connectivity index (χ2v) is 5.23. The highest BCUT2D eigenvalue weighted by atomic mass is 19.4. The van der Waals surface area contributed by atoms with Crippen LogP contribution in [-0.2, 0) is 6.18 Å². The number of benzene rings is 1. The minimum Gasteiger partial charge on any atom is -0.368 e. The van der Waals surface area contributed by atoms with E-state index in [1.807, 2.05) is 4.90 Å². The summed E-state index contributed by atoms with van der Waals surface area (Å²) < 4.78 is 39.2. The first-order chi connectivity index (χ1) is 9.97. The molecule has 1 fully saturated rings. The lowest BCUT2D eigenvalue weighted by Gasteiger charge is -2.33. The number of aromatic nitrogens is 2. The van der Waals surface area contributed by atoms with Crippen LogP contribution in [0, 0.1) is 0 Å². The Kier molecular flexibility index (Phi) is 3.44. The average molecular weight is 296 g/mol. The van der Waals surface area contributed by atoms with Crippen LogP contribution >= 0.6 is 0 Å². The molecular formula is C14H15F3N4. The van der Waals surface area contributed by atoms with Crippen LogP contribution in [0.1, 0.15) is 18.4 Å². The molecule has 2 heterocycles. The molecule has 0 bridgehead atoms. The summed E-state index contributed by atoms with van der Waals surface area (Å²) in [6.07, 6.45) is 0.106. The molecule has 21 heavy (non-hydrogen) atoms. The lowest BCUT2D eigenvalue weighted by molar-refractivity contribution is -0.136. The molecule has 0 radical (unpaired) electrons. The van der Waals surface area contributed by atoms with Gasteiger partial charge in [0.1, 0.15) is 11.0 Å². The average Bonchev–Trinajstić information content (AvgIpc) is 2.45. The third-order valence-electron chi connectivity index (χ3n) is 3.71. The predicted octanol–water partition coefficient (Wildman–Crippen LogP) is 2.58. The molecule has 1 aromatic carbocycles. The lowest BCUT2D eigenvalue weighted by Crippen LogP contribution is -2.43. The van der Waals surface area contributed by atoms with Crippen LogP contribution in [-0.4, -0.2) is 29.1 Å². The van der Waals surface area contributed by atoms with E-state index in [4.69, 9.17) is 5.73 Å². The molecule has 2 N–H and O–H groups in total. The van der Waals surface area contributed by atoms with E-state index in [1.165, 1.54) is 18.5 Å². The summed E-state index contributed by atoms with van der Waals surface area (Å²) in [6, 6.07) is 2.58. The Morgan fingerprint density at radius 1 is 1.14 bits per heavy atom. The zero-order valence-corrected chi connectivity index (χ0v) is 11.3. The number of hydrogen-bond donors (Lipinski definition) is 1. The largest absolute Gasteiger partial charge is 0.418 e. The van der Waals surface area contributed by atoms with Gasteiger partial charge in [-0.3, -0.25) is 9.97 Å². The van der Waals surface area contributed by atoms with Crippen molar-refractivity contribution < 1.29 is 13.2 Å². The van der Waals surface area contributed by atoms with Gasteiger partial charge >= 0.3 is 6.18 Å². The summed E-state index contributed by atoms with van der Waals surface area (Å²) in [6.45, 7) is 1.39. The quantitative estimate of drug-likeness (QED) is 0.879. The smallest absolute Gasteiger partial charge is 0.368 e. The van der Waals surface area contributed by atoms with Gasteiger partial charge in [0.15, 0.2) is 0 Å². The number of anilines is 1. The molecule has 1 aliphatic rings. The van der Waals surface area contributed by atoms with Gasteiger partial charge in [-0.25, -0.2) is 0 Å². The first kappa shape index (κ1) is 14.1. The van der Waals surface area contributed by atoms with E-state index in [0.29, 0.717) is 12.2 Å². The minimum absolute atomic E-state index is 0.0350. The summed E-state index contributed by atoms with van der Waals surface area (Å²) in [4.78, 5) is 9.98. The molecule has 1 aliphatic heterocycles. The van der Waals surface area contributed by atoms with Crippen LogP contribution in [0.2, 0.25) is 0 Å². The fraction of sp³-hybridized carbons (Fsp3) is 0.429. The topological polar surface area (TPSA) is 55.0 Å². The zero-order valence-electron chi connectivity index (χ0n) is 11.3. The second kappa shape index (κ2) is 5.14. The molecule has 2 aromatic rings. The van der Waals surface area contributed by atoms with Crippen LogP contribution < -0.4 is 10.6 Å². The maximum Gasteiger partial charge on any atom is 0.418 e. The number of alkyl halides is 3. The van der Waals surface area contributed by atoms with E-state index in [2.05, 4.69) is 9.97 Å². The Balaban J connectivity index is 2.13. The Morgan fingerprint density at radius 2 is 1.86 bits per heavy atom. The number of hydrogen-bond acceptors (Lipinski definition) is 4. The summed E-state index contributed by atoms with van der Waals surface area (Å²) in [5.74, 6) is 0. The Labute approximate surface area is 119 Å². The fourth-order valence-electron chi connectivity index (χ4n) is 2.76. The van der Waals surface area contributed by atoms with Crippen molar-refractivity contribution in [1.82, 2.24) is 9.97 Å². The van der Waals surface area contributed by atoms with Gasteiger partial charge in [-0.1, -0.05) is 0 Å². The summed E-state index contributed by atoms with van der Waals surface area (Å²) >= 11 is 0. The number of halogens is 3. The Morgan fingerprint density at radius 3 is 2.52 bits per heavy atom. The molecule has 112 valence electrons. The van der Waals surface area contributed by atoms with E-state index in [-0.39, 0.29) is 17.1 Å². The van der Waals surface area contributed by atoms with Gasteiger partial charge in [0, 0.05) is 31.5 Å². The highest BCUT2D eigenvalue weighted by Crippen LogP contribution is 2.37. The van der Waals surface area contributed by atoms with Crippen molar-refractivity contribution in [3.8, 4) is 0 Å². The van der Waals surface area contributed by atoms with Gasteiger partial charge in [0.05, 0.1) is 11.3 Å². The number of fused-ring (bicyclic) bond motifs is 1. The first-order valence-corrected chi connectivity index (χ1v) is 6.78. The van der Waals surface area contributed by atoms with Gasteiger partial charge in [0.2, 0.25) is 0 Å². The van der Waals surface area contributed by atoms with Crippen molar-refractivity contribution in [3.63, 3.8) is 0 Å². The molecule has 7 heteroatoms. The lowest BCUT2D eigenvalue weighted by atomic mass is 10.0. The molecule has 1 saturated heterocycles. The fourth-order valence-corrected chi connectivity index (χ4v) is 2.76. The predicted molar refractivity (Wildman–Crippen MR) is 74.0 cm³/mol. The summed E-state index contributed by atoms with van der Waals surface area (Å²) in [7, 11) is 0. The number of piperidine rings is 1. The monoisotopic (exact) mass is 296 g/mol. The van der Waals surface area contributed by atoms with Crippen LogP contribution in [0.5, 0.6) is 0 Å². The molecule has 1 atom stereocenters. The molecule has 4 nitrogen and oxygen atoms in total. The van der Waals surface area contributed by atoms with Crippen LogP contribution in [0.3, 0.4) is 0 Å². The molecular weight excluding hydrogens is 281 g/mol. The summed E-state index contributed by atoms with van der Waals surface area (Å²) in [5, 5.41) is 0. The van der Waals surface area contributed by atoms with Crippen molar-refractivity contribution in [2.75, 3.05) is 18.0 Å². The SMILES string of the molecule is NC1CCCN(c2ccc(C(F)(F)F)c3nccnc23)C1. The van der Waals surface area contributed by atoms with E-state index in [9.17, 15) is 13.2 Å². The number of nitrogens with zero attached hydrogens (tertiary/aromatic N) is 3. The van der Waals surface area contributed by atoms with Gasteiger partial charge < -0.3 is 10.6 Å². The van der Waals surface area contributed by atoms with Crippen molar-refractivity contribution in [3.05, 3.63) is 30.1 Å². The van der Waals surface area contributed by atoms with Gasteiger partial charge in [0.25, 0.3) is 0 Å². The Bertz CT molecular complexity index is 656. The maximum atomic E-state index is 13.1. The number of rotatable bonds is 1. The second-order valence-electron chi connectivity index (χ2n) is 5.23. The summed E-state index contributed by atoms with van der Waals surface area (Å²) in [5.41, 5.74) is 6.03. The zero-order chi connectivity index (χ0) is 15.0. The van der Waals surface area contributed by atoms with Crippen LogP contribution in [0.4, 0.5) is 18.9 Å². The standard InChI is InChI=1S/C14H15F3N4/c15-14(16,17)10-3-4-11(13-12(10)19-5-6-20-13)21-7-1-2-9(18)8-21/h3-6,9H,1-2,7-8,18H2. The van der Waals surface area contributed by atoms with E-state index < -0.39 is 11.7 Å². The third kappa shape index (κ3) is 2.65. The van der Waals surface area contributed by atoms with E-state index in [1.54, 1.807) is 0 Å². The molecule has 1 aromatic heterocycles. The molecule has 0 amide bonds. The van der Waals surface area contributed by atoms with Gasteiger partial charge in [-0.05, 0) is 25.0 Å². The van der Waals surface area contributed by atoms with Crippen molar-refractivity contribution in [1.29, 1.82) is 0 Å².